The highest BCUT2D eigenvalue weighted by Crippen LogP contribution is 2.36. The Morgan fingerprint density at radius 2 is 2.21 bits per heavy atom. The van der Waals surface area contributed by atoms with Crippen LogP contribution in [0.15, 0.2) is 23.3 Å². The third-order valence-corrected chi connectivity index (χ3v) is 3.63. The zero-order chi connectivity index (χ0) is 13.6. The van der Waals surface area contributed by atoms with Gasteiger partial charge in [0.2, 0.25) is 0 Å². The van der Waals surface area contributed by atoms with Crippen molar-refractivity contribution in [1.82, 2.24) is 14.3 Å². The Bertz CT molecular complexity index is 684. The van der Waals surface area contributed by atoms with Gasteiger partial charge in [-0.15, -0.1) is 0 Å². The van der Waals surface area contributed by atoms with Gasteiger partial charge in [-0.2, -0.15) is 5.10 Å². The molecule has 100 valence electrons. The summed E-state index contributed by atoms with van der Waals surface area (Å²) in [7, 11) is 1.71. The molecule has 2 aromatic rings. The van der Waals surface area contributed by atoms with Crippen molar-refractivity contribution in [2.75, 3.05) is 12.4 Å². The Hall–Kier alpha value is -1.75. The maximum absolute atomic E-state index is 12.3. The van der Waals surface area contributed by atoms with E-state index in [1.165, 1.54) is 0 Å². The van der Waals surface area contributed by atoms with Gasteiger partial charge in [0.1, 0.15) is 5.69 Å². The zero-order valence-corrected chi connectivity index (χ0v) is 11.6. The molecule has 0 atom stereocenters. The van der Waals surface area contributed by atoms with Crippen molar-refractivity contribution >= 4 is 17.3 Å². The molecule has 19 heavy (non-hydrogen) atoms. The van der Waals surface area contributed by atoms with Crippen molar-refractivity contribution in [1.29, 1.82) is 0 Å². The molecule has 1 saturated carbocycles. The van der Waals surface area contributed by atoms with Crippen LogP contribution in [0.2, 0.25) is 5.02 Å². The first-order valence-electron chi connectivity index (χ1n) is 6.26. The lowest BCUT2D eigenvalue weighted by Crippen LogP contribution is -2.21. The average molecular weight is 279 g/mol. The molecule has 2 heterocycles. The first-order valence-corrected chi connectivity index (χ1v) is 6.64. The second kappa shape index (κ2) is 4.42. The van der Waals surface area contributed by atoms with Crippen LogP contribution >= 0.6 is 11.6 Å². The number of anilines is 1. The molecular formula is C13H15ClN4O. The van der Waals surface area contributed by atoms with E-state index < -0.39 is 0 Å². The van der Waals surface area contributed by atoms with Gasteiger partial charge in [-0.3, -0.25) is 14.0 Å². The van der Waals surface area contributed by atoms with Crippen LogP contribution in [-0.2, 0) is 0 Å². The zero-order valence-electron chi connectivity index (χ0n) is 10.9. The van der Waals surface area contributed by atoms with E-state index >= 15 is 0 Å². The van der Waals surface area contributed by atoms with Gasteiger partial charge in [0.25, 0.3) is 5.56 Å². The van der Waals surface area contributed by atoms with E-state index in [4.69, 9.17) is 11.6 Å². The predicted octanol–water partition coefficient (Wildman–Crippen LogP) is 2.37. The van der Waals surface area contributed by atoms with E-state index in [-0.39, 0.29) is 5.56 Å². The summed E-state index contributed by atoms with van der Waals surface area (Å²) in [5, 5.41) is 7.75. The van der Waals surface area contributed by atoms with Gasteiger partial charge in [0.15, 0.2) is 0 Å². The summed E-state index contributed by atoms with van der Waals surface area (Å²) in [4.78, 5) is 12.3. The second-order valence-electron chi connectivity index (χ2n) is 4.79. The third-order valence-electron chi connectivity index (χ3n) is 3.42. The Balaban J connectivity index is 2.16. The largest absolute Gasteiger partial charge is 0.384 e. The molecule has 0 radical (unpaired) electrons. The SMILES string of the molecule is CNc1cc(Cl)cn(-c2cnn(C3CC3)c2C)c1=O. The van der Waals surface area contributed by atoms with Gasteiger partial charge in [-0.25, -0.2) is 0 Å². The van der Waals surface area contributed by atoms with E-state index in [0.29, 0.717) is 16.8 Å². The van der Waals surface area contributed by atoms with Crippen LogP contribution in [0.5, 0.6) is 0 Å². The highest BCUT2D eigenvalue weighted by atomic mass is 35.5. The van der Waals surface area contributed by atoms with Gasteiger partial charge in [0, 0.05) is 13.2 Å². The van der Waals surface area contributed by atoms with Crippen LogP contribution in [0, 0.1) is 6.92 Å². The van der Waals surface area contributed by atoms with Crippen LogP contribution in [-0.4, -0.2) is 21.4 Å². The van der Waals surface area contributed by atoms with Crippen molar-refractivity contribution < 1.29 is 0 Å². The number of rotatable bonds is 3. The smallest absolute Gasteiger partial charge is 0.278 e. The normalized spacial score (nSPS) is 14.7. The molecule has 0 amide bonds. The molecule has 0 spiro atoms. The number of halogens is 1. The molecule has 3 rings (SSSR count). The average Bonchev–Trinajstić information content (AvgIpc) is 3.16. The molecule has 0 bridgehead atoms. The summed E-state index contributed by atoms with van der Waals surface area (Å²) in [6.45, 7) is 1.98. The van der Waals surface area contributed by atoms with Crippen LogP contribution < -0.4 is 10.9 Å². The lowest BCUT2D eigenvalue weighted by molar-refractivity contribution is 0.621. The summed E-state index contributed by atoms with van der Waals surface area (Å²) in [5.41, 5.74) is 2.14. The van der Waals surface area contributed by atoms with Gasteiger partial charge in [0.05, 0.1) is 28.6 Å². The van der Waals surface area contributed by atoms with E-state index in [1.807, 2.05) is 11.6 Å². The summed E-state index contributed by atoms with van der Waals surface area (Å²) in [6, 6.07) is 2.12. The lowest BCUT2D eigenvalue weighted by atomic mass is 10.3. The molecule has 1 fully saturated rings. The monoisotopic (exact) mass is 278 g/mol. The van der Waals surface area contributed by atoms with Gasteiger partial charge in [-0.1, -0.05) is 11.6 Å². The fraction of sp³-hybridized carbons (Fsp3) is 0.385. The van der Waals surface area contributed by atoms with Crippen molar-refractivity contribution in [3.05, 3.63) is 39.5 Å². The standard InChI is InChI=1S/C13H15ClN4O/c1-8-12(6-16-18(8)10-3-4-10)17-7-9(14)5-11(15-2)13(17)19/h5-7,10,15H,3-4H2,1-2H3. The molecule has 2 aromatic heterocycles. The van der Waals surface area contributed by atoms with Gasteiger partial charge >= 0.3 is 0 Å². The van der Waals surface area contributed by atoms with Crippen molar-refractivity contribution in [2.24, 2.45) is 0 Å². The molecule has 0 aliphatic heterocycles. The summed E-state index contributed by atoms with van der Waals surface area (Å²) < 4.78 is 3.54. The first-order chi connectivity index (χ1) is 9.11. The minimum atomic E-state index is -0.120. The second-order valence-corrected chi connectivity index (χ2v) is 5.22. The molecule has 1 N–H and O–H groups in total. The third kappa shape index (κ3) is 2.04. The number of nitrogens with zero attached hydrogens (tertiary/aromatic N) is 3. The molecule has 1 aliphatic carbocycles. The maximum atomic E-state index is 12.3. The Morgan fingerprint density at radius 1 is 1.47 bits per heavy atom. The van der Waals surface area contributed by atoms with Crippen LogP contribution in [0.3, 0.4) is 0 Å². The minimum absolute atomic E-state index is 0.120. The summed E-state index contributed by atoms with van der Waals surface area (Å²) >= 11 is 6.06. The molecule has 0 unspecified atom stereocenters. The number of nitrogens with one attached hydrogen (secondary N) is 1. The van der Waals surface area contributed by atoms with Gasteiger partial charge in [-0.05, 0) is 25.8 Å². The van der Waals surface area contributed by atoms with E-state index in [1.54, 1.807) is 30.1 Å². The van der Waals surface area contributed by atoms with E-state index in [9.17, 15) is 4.79 Å². The molecular weight excluding hydrogens is 264 g/mol. The van der Waals surface area contributed by atoms with Crippen molar-refractivity contribution in [3.63, 3.8) is 0 Å². The van der Waals surface area contributed by atoms with Crippen molar-refractivity contribution in [2.45, 2.75) is 25.8 Å². The molecule has 1 aliphatic rings. The van der Waals surface area contributed by atoms with Gasteiger partial charge < -0.3 is 5.32 Å². The molecule has 6 heteroatoms. The fourth-order valence-electron chi connectivity index (χ4n) is 2.24. The number of hydrogen-bond acceptors (Lipinski definition) is 3. The highest BCUT2D eigenvalue weighted by molar-refractivity contribution is 6.30. The number of pyridine rings is 1. The van der Waals surface area contributed by atoms with E-state index in [2.05, 4.69) is 10.4 Å². The van der Waals surface area contributed by atoms with Crippen LogP contribution in [0.4, 0.5) is 5.69 Å². The fourth-order valence-corrected chi connectivity index (χ4v) is 2.45. The van der Waals surface area contributed by atoms with Crippen LogP contribution in [0.1, 0.15) is 24.6 Å². The summed E-state index contributed by atoms with van der Waals surface area (Å²) in [6.07, 6.45) is 5.68. The Labute approximate surface area is 115 Å². The van der Waals surface area contributed by atoms with Crippen molar-refractivity contribution in [3.8, 4) is 5.69 Å². The lowest BCUT2D eigenvalue weighted by Gasteiger charge is -2.09. The number of aromatic nitrogens is 3. The first kappa shape index (κ1) is 12.3. The maximum Gasteiger partial charge on any atom is 0.278 e. The molecule has 0 aromatic carbocycles. The molecule has 5 nitrogen and oxygen atoms in total. The summed E-state index contributed by atoms with van der Waals surface area (Å²) in [5.74, 6) is 0. The quantitative estimate of drug-likeness (QED) is 0.938. The Kier molecular flexibility index (Phi) is 2.86. The molecule has 0 saturated heterocycles. The predicted molar refractivity (Wildman–Crippen MR) is 75.4 cm³/mol. The minimum Gasteiger partial charge on any atom is -0.384 e. The highest BCUT2D eigenvalue weighted by Gasteiger charge is 2.27. The topological polar surface area (TPSA) is 51.9 Å². The Morgan fingerprint density at radius 3 is 2.84 bits per heavy atom. The number of hydrogen-bond donors (Lipinski definition) is 1. The van der Waals surface area contributed by atoms with Crippen LogP contribution in [0.25, 0.3) is 5.69 Å². The van der Waals surface area contributed by atoms with E-state index in [0.717, 1.165) is 24.2 Å².